The maximum atomic E-state index is 5.82. The summed E-state index contributed by atoms with van der Waals surface area (Å²) >= 11 is 0. The zero-order chi connectivity index (χ0) is 14.6. The van der Waals surface area contributed by atoms with Crippen LogP contribution in [0.5, 0.6) is 5.75 Å². The van der Waals surface area contributed by atoms with Gasteiger partial charge in [-0.1, -0.05) is 45.9 Å². The fraction of sp³-hybridized carbons (Fsp3) is 0.667. The summed E-state index contributed by atoms with van der Waals surface area (Å²) in [7, 11) is 0. The van der Waals surface area contributed by atoms with Gasteiger partial charge in [0.1, 0.15) is 5.75 Å². The quantitative estimate of drug-likeness (QED) is 0.804. The van der Waals surface area contributed by atoms with Gasteiger partial charge < -0.3 is 10.1 Å². The Labute approximate surface area is 123 Å². The summed E-state index contributed by atoms with van der Waals surface area (Å²) in [5.41, 5.74) is 1.75. The third-order valence-corrected chi connectivity index (χ3v) is 4.50. The van der Waals surface area contributed by atoms with Crippen molar-refractivity contribution in [1.82, 2.24) is 5.32 Å². The van der Waals surface area contributed by atoms with Crippen LogP contribution in [0.25, 0.3) is 0 Å². The molecule has 2 heteroatoms. The Hall–Kier alpha value is -1.02. The maximum Gasteiger partial charge on any atom is 0.122 e. The number of ether oxygens (including phenoxy) is 1. The van der Waals surface area contributed by atoms with E-state index in [-0.39, 0.29) is 0 Å². The lowest BCUT2D eigenvalue weighted by Crippen LogP contribution is -2.35. The van der Waals surface area contributed by atoms with Gasteiger partial charge >= 0.3 is 0 Å². The van der Waals surface area contributed by atoms with Crippen molar-refractivity contribution < 1.29 is 4.74 Å². The molecule has 2 rings (SSSR count). The van der Waals surface area contributed by atoms with Gasteiger partial charge in [-0.25, -0.2) is 0 Å². The predicted molar refractivity (Wildman–Crippen MR) is 85.4 cm³/mol. The summed E-state index contributed by atoms with van der Waals surface area (Å²) in [6.07, 6.45) is 2.41. The fourth-order valence-corrected chi connectivity index (χ4v) is 3.00. The molecular weight excluding hydrogens is 246 g/mol. The molecule has 0 saturated carbocycles. The Balaban J connectivity index is 1.96. The first-order valence-electron chi connectivity index (χ1n) is 7.96. The van der Waals surface area contributed by atoms with Gasteiger partial charge in [0, 0.05) is 18.0 Å². The maximum absolute atomic E-state index is 5.82. The highest BCUT2D eigenvalue weighted by Gasteiger charge is 2.31. The van der Waals surface area contributed by atoms with E-state index >= 15 is 0 Å². The van der Waals surface area contributed by atoms with Crippen LogP contribution in [0.3, 0.4) is 0 Å². The molecule has 2 unspecified atom stereocenters. The summed E-state index contributed by atoms with van der Waals surface area (Å²) in [4.78, 5) is 0. The van der Waals surface area contributed by atoms with Gasteiger partial charge in [-0.15, -0.1) is 0 Å². The lowest BCUT2D eigenvalue weighted by molar-refractivity contribution is 0.222. The molecule has 1 aliphatic heterocycles. The van der Waals surface area contributed by atoms with Crippen molar-refractivity contribution in [3.05, 3.63) is 29.8 Å². The number of hydrogen-bond acceptors (Lipinski definition) is 2. The number of para-hydroxylation sites is 1. The largest absolute Gasteiger partial charge is 0.493 e. The van der Waals surface area contributed by atoms with Crippen LogP contribution in [0.4, 0.5) is 0 Å². The molecule has 0 aliphatic carbocycles. The molecule has 1 aliphatic rings. The minimum Gasteiger partial charge on any atom is -0.493 e. The van der Waals surface area contributed by atoms with E-state index in [9.17, 15) is 0 Å². The number of rotatable bonds is 7. The minimum absolute atomic E-state index is 0.348. The average Bonchev–Trinajstić information content (AvgIpc) is 2.82. The van der Waals surface area contributed by atoms with E-state index in [4.69, 9.17) is 4.74 Å². The highest BCUT2D eigenvalue weighted by molar-refractivity contribution is 5.39. The number of fused-ring (bicyclic) bond motifs is 1. The van der Waals surface area contributed by atoms with Crippen LogP contribution in [0.2, 0.25) is 0 Å². The van der Waals surface area contributed by atoms with Crippen molar-refractivity contribution >= 4 is 0 Å². The lowest BCUT2D eigenvalue weighted by Gasteiger charge is -2.31. The van der Waals surface area contributed by atoms with Crippen molar-refractivity contribution in [3.8, 4) is 5.75 Å². The van der Waals surface area contributed by atoms with Gasteiger partial charge in [0.2, 0.25) is 0 Å². The monoisotopic (exact) mass is 275 g/mol. The van der Waals surface area contributed by atoms with Crippen LogP contribution < -0.4 is 10.1 Å². The topological polar surface area (TPSA) is 21.3 Å². The first-order valence-corrected chi connectivity index (χ1v) is 7.96. The molecule has 0 bridgehead atoms. The first-order chi connectivity index (χ1) is 9.54. The molecule has 0 aromatic heterocycles. The van der Waals surface area contributed by atoms with E-state index in [1.807, 2.05) is 0 Å². The normalized spacial score (nSPS) is 20.6. The van der Waals surface area contributed by atoms with E-state index in [2.05, 4.69) is 57.3 Å². The van der Waals surface area contributed by atoms with Crippen LogP contribution in [0.1, 0.15) is 52.0 Å². The number of hydrogen-bond donors (Lipinski definition) is 1. The second-order valence-electron chi connectivity index (χ2n) is 6.94. The third kappa shape index (κ3) is 3.76. The zero-order valence-corrected chi connectivity index (χ0v) is 13.4. The van der Waals surface area contributed by atoms with Crippen molar-refractivity contribution in [3.63, 3.8) is 0 Å². The van der Waals surface area contributed by atoms with Crippen molar-refractivity contribution in [1.29, 1.82) is 0 Å². The lowest BCUT2D eigenvalue weighted by atomic mass is 9.77. The molecule has 0 amide bonds. The SMILES string of the molecule is CCC(C)(CNCC(C)C)CC1COc2ccccc21. The molecule has 112 valence electrons. The van der Waals surface area contributed by atoms with Gasteiger partial charge in [0.25, 0.3) is 0 Å². The van der Waals surface area contributed by atoms with Gasteiger partial charge in [-0.3, -0.25) is 0 Å². The Bertz CT molecular complexity index is 429. The summed E-state index contributed by atoms with van der Waals surface area (Å²) in [6, 6.07) is 8.51. The summed E-state index contributed by atoms with van der Waals surface area (Å²) in [5.74, 6) is 2.36. The molecule has 0 spiro atoms. The van der Waals surface area contributed by atoms with Crippen LogP contribution in [0.15, 0.2) is 24.3 Å². The Morgan fingerprint density at radius 3 is 2.80 bits per heavy atom. The average molecular weight is 275 g/mol. The van der Waals surface area contributed by atoms with Gasteiger partial charge in [0.15, 0.2) is 0 Å². The van der Waals surface area contributed by atoms with Crippen molar-refractivity contribution in [2.45, 2.75) is 46.5 Å². The smallest absolute Gasteiger partial charge is 0.122 e. The number of nitrogens with one attached hydrogen (secondary N) is 1. The first kappa shape index (κ1) is 15.4. The summed E-state index contributed by atoms with van der Waals surface area (Å²) in [6.45, 7) is 12.3. The molecule has 2 nitrogen and oxygen atoms in total. The second-order valence-corrected chi connectivity index (χ2v) is 6.94. The molecule has 20 heavy (non-hydrogen) atoms. The molecule has 1 heterocycles. The van der Waals surface area contributed by atoms with Gasteiger partial charge in [-0.2, -0.15) is 0 Å². The molecule has 0 saturated heterocycles. The van der Waals surface area contributed by atoms with E-state index < -0.39 is 0 Å². The van der Waals surface area contributed by atoms with E-state index in [0.717, 1.165) is 25.4 Å². The fourth-order valence-electron chi connectivity index (χ4n) is 3.00. The van der Waals surface area contributed by atoms with Gasteiger partial charge in [0.05, 0.1) is 6.61 Å². The molecular formula is C18H29NO. The highest BCUT2D eigenvalue weighted by atomic mass is 16.5. The summed E-state index contributed by atoms with van der Waals surface area (Å²) < 4.78 is 5.82. The van der Waals surface area contributed by atoms with E-state index in [0.29, 0.717) is 17.3 Å². The molecule has 0 fully saturated rings. The molecule has 1 N–H and O–H groups in total. The molecule has 0 radical (unpaired) electrons. The molecule has 1 aromatic rings. The molecule has 1 aromatic carbocycles. The predicted octanol–water partition coefficient (Wildman–Crippen LogP) is 4.21. The van der Waals surface area contributed by atoms with Gasteiger partial charge in [-0.05, 0) is 36.8 Å². The second kappa shape index (κ2) is 6.62. The zero-order valence-electron chi connectivity index (χ0n) is 13.4. The van der Waals surface area contributed by atoms with Crippen LogP contribution >= 0.6 is 0 Å². The minimum atomic E-state index is 0.348. The third-order valence-electron chi connectivity index (χ3n) is 4.50. The van der Waals surface area contributed by atoms with Crippen molar-refractivity contribution in [2.24, 2.45) is 11.3 Å². The highest BCUT2D eigenvalue weighted by Crippen LogP contribution is 2.41. The Morgan fingerprint density at radius 1 is 1.35 bits per heavy atom. The Kier molecular flexibility index (Phi) is 5.09. The van der Waals surface area contributed by atoms with E-state index in [1.165, 1.54) is 18.4 Å². The van der Waals surface area contributed by atoms with Crippen LogP contribution in [0, 0.1) is 11.3 Å². The number of benzene rings is 1. The molecule has 2 atom stereocenters. The standard InChI is InChI=1S/C18H29NO/c1-5-18(4,13-19-11-14(2)3)10-15-12-20-17-9-7-6-8-16(15)17/h6-9,14-15,19H,5,10-13H2,1-4H3. The van der Waals surface area contributed by atoms with Crippen LogP contribution in [-0.4, -0.2) is 19.7 Å². The van der Waals surface area contributed by atoms with Crippen molar-refractivity contribution in [2.75, 3.05) is 19.7 Å². The summed E-state index contributed by atoms with van der Waals surface area (Å²) in [5, 5.41) is 3.63. The van der Waals surface area contributed by atoms with E-state index in [1.54, 1.807) is 0 Å². The van der Waals surface area contributed by atoms with Crippen LogP contribution in [-0.2, 0) is 0 Å². The Morgan fingerprint density at radius 2 is 2.10 bits per heavy atom.